The van der Waals surface area contributed by atoms with Gasteiger partial charge < -0.3 is 18.9 Å². The smallest absolute Gasteiger partial charge is 0.170 e. The van der Waals surface area contributed by atoms with Gasteiger partial charge in [0.1, 0.15) is 35.1 Å². The topological polar surface area (TPSA) is 49.3 Å². The normalized spacial score (nSPS) is 30.4. The monoisotopic (exact) mass is 395 g/mol. The van der Waals surface area contributed by atoms with E-state index in [1.807, 2.05) is 18.2 Å². The average molecular weight is 395 g/mol. The Hall–Kier alpha value is -2.60. The molecule has 6 rings (SSSR count). The van der Waals surface area contributed by atoms with Crippen LogP contribution >= 0.6 is 0 Å². The molecule has 0 amide bonds. The molecule has 0 bridgehead atoms. The zero-order valence-electron chi connectivity index (χ0n) is 16.2. The molecule has 3 aliphatic heterocycles. The molecule has 2 aromatic rings. The number of halogens is 1. The summed E-state index contributed by atoms with van der Waals surface area (Å²) in [5.41, 5.74) is 0.602. The lowest BCUT2D eigenvalue weighted by Gasteiger charge is -2.66. The van der Waals surface area contributed by atoms with Gasteiger partial charge in [0, 0.05) is 17.5 Å². The second-order valence-electron chi connectivity index (χ2n) is 8.34. The number of fused-ring (bicyclic) bond motifs is 4. The summed E-state index contributed by atoms with van der Waals surface area (Å²) in [6.07, 6.45) is 5.44. The first kappa shape index (κ1) is 17.3. The van der Waals surface area contributed by atoms with E-state index in [9.17, 15) is 4.39 Å². The van der Waals surface area contributed by atoms with Gasteiger partial charge in [-0.15, -0.1) is 0 Å². The molecule has 4 aliphatic rings. The quantitative estimate of drug-likeness (QED) is 0.764. The molecule has 2 atom stereocenters. The highest BCUT2D eigenvalue weighted by molar-refractivity contribution is 5.70. The molecule has 5 nitrogen and oxygen atoms in total. The van der Waals surface area contributed by atoms with Gasteiger partial charge in [-0.1, -0.05) is 6.07 Å². The van der Waals surface area contributed by atoms with Crippen LogP contribution in [0.4, 0.5) is 4.39 Å². The van der Waals surface area contributed by atoms with Crippen LogP contribution in [0.5, 0.6) is 11.5 Å². The van der Waals surface area contributed by atoms with Crippen molar-refractivity contribution in [2.24, 2.45) is 4.99 Å². The maximum absolute atomic E-state index is 14.6. The Labute approximate surface area is 168 Å². The van der Waals surface area contributed by atoms with Crippen molar-refractivity contribution >= 4 is 6.40 Å². The minimum absolute atomic E-state index is 0.298. The lowest BCUT2D eigenvalue weighted by atomic mass is 9.54. The number of benzene rings is 2. The predicted octanol–water partition coefficient (Wildman–Crippen LogP) is 4.23. The third kappa shape index (κ3) is 2.00. The number of rotatable bonds is 2. The largest absolute Gasteiger partial charge is 0.497 e. The first-order chi connectivity index (χ1) is 14.1. The number of hydrogen-bond donors (Lipinski definition) is 0. The molecule has 29 heavy (non-hydrogen) atoms. The van der Waals surface area contributed by atoms with E-state index >= 15 is 0 Å². The number of nitrogens with zero attached hydrogens (tertiary/aromatic N) is 1. The molecule has 2 unspecified atom stereocenters. The summed E-state index contributed by atoms with van der Waals surface area (Å²) in [6.45, 7) is 1.11. The summed E-state index contributed by atoms with van der Waals surface area (Å²) in [6, 6.07) is 10.6. The SMILES string of the molecule is COc1ccc(F)c(-c2ccc3c(c2)C2(COC=N2)C2(CCO2)C2(CCC2)O3)c1. The first-order valence-corrected chi connectivity index (χ1v) is 10.1. The first-order valence-electron chi connectivity index (χ1n) is 10.1. The van der Waals surface area contributed by atoms with Crippen LogP contribution in [-0.2, 0) is 15.0 Å². The highest BCUT2D eigenvalue weighted by Gasteiger charge is 2.75. The molecule has 0 N–H and O–H groups in total. The van der Waals surface area contributed by atoms with Crippen LogP contribution < -0.4 is 9.47 Å². The summed E-state index contributed by atoms with van der Waals surface area (Å²) in [5.74, 6) is 1.10. The van der Waals surface area contributed by atoms with Gasteiger partial charge in [-0.05, 0) is 55.2 Å². The van der Waals surface area contributed by atoms with Gasteiger partial charge in [0.05, 0.1) is 13.7 Å². The molecule has 0 radical (unpaired) electrons. The van der Waals surface area contributed by atoms with Crippen molar-refractivity contribution in [3.63, 3.8) is 0 Å². The van der Waals surface area contributed by atoms with Crippen molar-refractivity contribution in [2.45, 2.75) is 42.4 Å². The minimum atomic E-state index is -0.662. The summed E-state index contributed by atoms with van der Waals surface area (Å²) in [5, 5.41) is 0. The Bertz CT molecular complexity index is 1030. The molecule has 1 aliphatic carbocycles. The molecular weight excluding hydrogens is 373 g/mol. The maximum Gasteiger partial charge on any atom is 0.170 e. The zero-order valence-corrected chi connectivity index (χ0v) is 16.2. The van der Waals surface area contributed by atoms with Crippen molar-refractivity contribution in [1.29, 1.82) is 0 Å². The van der Waals surface area contributed by atoms with E-state index in [4.69, 9.17) is 23.9 Å². The van der Waals surface area contributed by atoms with Crippen molar-refractivity contribution in [2.75, 3.05) is 20.3 Å². The Morgan fingerprint density at radius 3 is 2.59 bits per heavy atom. The molecule has 2 aromatic carbocycles. The van der Waals surface area contributed by atoms with Crippen LogP contribution in [-0.4, -0.2) is 37.9 Å². The van der Waals surface area contributed by atoms with Crippen LogP contribution in [0.25, 0.3) is 11.1 Å². The molecule has 2 fully saturated rings. The maximum atomic E-state index is 14.6. The lowest BCUT2D eigenvalue weighted by Crippen LogP contribution is -2.78. The van der Waals surface area contributed by atoms with Crippen molar-refractivity contribution < 1.29 is 23.3 Å². The van der Waals surface area contributed by atoms with Crippen LogP contribution in [0.3, 0.4) is 0 Å². The highest BCUT2D eigenvalue weighted by atomic mass is 19.1. The summed E-state index contributed by atoms with van der Waals surface area (Å²) < 4.78 is 38.5. The molecule has 6 heteroatoms. The van der Waals surface area contributed by atoms with Gasteiger partial charge >= 0.3 is 0 Å². The van der Waals surface area contributed by atoms with Crippen molar-refractivity contribution in [1.82, 2.24) is 0 Å². The molecule has 150 valence electrons. The van der Waals surface area contributed by atoms with E-state index in [1.54, 1.807) is 19.2 Å². The van der Waals surface area contributed by atoms with Gasteiger partial charge in [-0.2, -0.15) is 0 Å². The van der Waals surface area contributed by atoms with Gasteiger partial charge in [0.2, 0.25) is 0 Å². The van der Waals surface area contributed by atoms with Gasteiger partial charge in [-0.3, -0.25) is 0 Å². The minimum Gasteiger partial charge on any atom is -0.497 e. The number of ether oxygens (including phenoxy) is 4. The van der Waals surface area contributed by atoms with Crippen molar-refractivity contribution in [3.8, 4) is 22.6 Å². The van der Waals surface area contributed by atoms with Gasteiger partial charge in [-0.25, -0.2) is 9.38 Å². The van der Waals surface area contributed by atoms with E-state index in [0.29, 0.717) is 24.5 Å². The highest BCUT2D eigenvalue weighted by Crippen LogP contribution is 2.65. The van der Waals surface area contributed by atoms with E-state index < -0.39 is 11.1 Å². The van der Waals surface area contributed by atoms with Crippen LogP contribution in [0.15, 0.2) is 41.4 Å². The summed E-state index contributed by atoms with van der Waals surface area (Å²) in [4.78, 5) is 4.84. The Morgan fingerprint density at radius 2 is 1.97 bits per heavy atom. The van der Waals surface area contributed by atoms with Crippen LogP contribution in [0, 0.1) is 5.82 Å². The number of aliphatic imine (C=N–C) groups is 1. The average Bonchev–Trinajstić information content (AvgIpc) is 3.16. The Morgan fingerprint density at radius 1 is 1.10 bits per heavy atom. The van der Waals surface area contributed by atoms with Crippen LogP contribution in [0.1, 0.15) is 31.2 Å². The van der Waals surface area contributed by atoms with Gasteiger partial charge in [0.25, 0.3) is 0 Å². The van der Waals surface area contributed by atoms with Crippen molar-refractivity contribution in [3.05, 3.63) is 47.8 Å². The second kappa shape index (κ2) is 5.72. The fourth-order valence-corrected chi connectivity index (χ4v) is 5.54. The molecule has 1 saturated carbocycles. The Balaban J connectivity index is 1.55. The zero-order chi connectivity index (χ0) is 19.7. The molecular formula is C23H22FNO4. The summed E-state index contributed by atoms with van der Waals surface area (Å²) >= 11 is 0. The predicted molar refractivity (Wildman–Crippen MR) is 105 cm³/mol. The van der Waals surface area contributed by atoms with E-state index in [-0.39, 0.29) is 11.4 Å². The van der Waals surface area contributed by atoms with E-state index in [0.717, 1.165) is 42.6 Å². The summed E-state index contributed by atoms with van der Waals surface area (Å²) in [7, 11) is 1.58. The molecule has 3 spiro atoms. The third-order valence-electron chi connectivity index (χ3n) is 7.22. The lowest BCUT2D eigenvalue weighted by molar-refractivity contribution is -0.307. The second-order valence-corrected chi connectivity index (χ2v) is 8.34. The number of hydrogen-bond acceptors (Lipinski definition) is 5. The van der Waals surface area contributed by atoms with E-state index in [2.05, 4.69) is 0 Å². The fraction of sp³-hybridized carbons (Fsp3) is 0.435. The van der Waals surface area contributed by atoms with E-state index in [1.165, 1.54) is 12.5 Å². The van der Waals surface area contributed by atoms with Crippen LogP contribution in [0.2, 0.25) is 0 Å². The molecule has 0 aromatic heterocycles. The molecule has 3 heterocycles. The van der Waals surface area contributed by atoms with Gasteiger partial charge in [0.15, 0.2) is 11.9 Å². The fourth-order valence-electron chi connectivity index (χ4n) is 5.54. The number of methoxy groups -OCH3 is 1. The third-order valence-corrected chi connectivity index (χ3v) is 7.22. The molecule has 1 saturated heterocycles. The Kier molecular flexibility index (Phi) is 3.41. The standard InChI is InChI=1S/C23H22FNO4/c1-26-16-4-5-19(24)17(12-16)15-3-6-20-18(11-15)22(13-27-14-25-22)23(9-10-28-23)21(29-20)7-2-8-21/h3-6,11-12,14H,2,7-10,13H2,1H3.